The van der Waals surface area contributed by atoms with Crippen molar-refractivity contribution in [1.82, 2.24) is 5.32 Å². The molecule has 0 aromatic heterocycles. The summed E-state index contributed by atoms with van der Waals surface area (Å²) in [5, 5.41) is 3.54. The van der Waals surface area contributed by atoms with Crippen molar-refractivity contribution >= 4 is 0 Å². The van der Waals surface area contributed by atoms with Gasteiger partial charge >= 0.3 is 0 Å². The average molecular weight is 223 g/mol. The highest BCUT2D eigenvalue weighted by molar-refractivity contribution is 4.90. The zero-order valence-corrected chi connectivity index (χ0v) is 10.3. The Balaban J connectivity index is 1.35. The third kappa shape index (κ3) is 5.13. The molecule has 0 spiro atoms. The van der Waals surface area contributed by atoms with Crippen LogP contribution in [0.1, 0.15) is 38.5 Å². The van der Waals surface area contributed by atoms with E-state index in [2.05, 4.69) is 17.5 Å². The topological polar surface area (TPSA) is 21.3 Å². The van der Waals surface area contributed by atoms with Gasteiger partial charge in [-0.2, -0.15) is 0 Å². The third-order valence-corrected chi connectivity index (χ3v) is 3.50. The van der Waals surface area contributed by atoms with Crippen molar-refractivity contribution in [2.75, 3.05) is 26.3 Å². The fourth-order valence-corrected chi connectivity index (χ4v) is 2.18. The van der Waals surface area contributed by atoms with Crippen molar-refractivity contribution in [2.45, 2.75) is 38.5 Å². The maximum Gasteiger partial charge on any atom is 0.0494 e. The molecule has 0 radical (unpaired) electrons. The molecule has 2 aliphatic rings. The van der Waals surface area contributed by atoms with Gasteiger partial charge < -0.3 is 10.1 Å². The first-order valence-electron chi connectivity index (χ1n) is 6.88. The number of nitrogens with one attached hydrogen (secondary N) is 1. The molecule has 0 bridgehead atoms. The summed E-state index contributed by atoms with van der Waals surface area (Å²) in [5.41, 5.74) is 0. The van der Waals surface area contributed by atoms with Crippen LogP contribution in [0.15, 0.2) is 12.2 Å². The largest absolute Gasteiger partial charge is 0.381 e. The standard InChI is InChI=1S/C14H25NO/c1-2-5-13(6-3-1)11-15-9-4-10-16-12-14-7-8-14/h1-2,13-15H,3-12H2. The minimum atomic E-state index is 0.873. The van der Waals surface area contributed by atoms with Gasteiger partial charge in [0.2, 0.25) is 0 Å². The first-order valence-corrected chi connectivity index (χ1v) is 6.88. The van der Waals surface area contributed by atoms with Gasteiger partial charge in [-0.15, -0.1) is 0 Å². The highest BCUT2D eigenvalue weighted by atomic mass is 16.5. The normalized spacial score (nSPS) is 24.9. The van der Waals surface area contributed by atoms with Crippen molar-refractivity contribution in [3.63, 3.8) is 0 Å². The molecule has 0 saturated heterocycles. The van der Waals surface area contributed by atoms with E-state index >= 15 is 0 Å². The van der Waals surface area contributed by atoms with Crippen molar-refractivity contribution in [2.24, 2.45) is 11.8 Å². The number of hydrogen-bond acceptors (Lipinski definition) is 2. The molecule has 0 aliphatic heterocycles. The second-order valence-corrected chi connectivity index (χ2v) is 5.23. The van der Waals surface area contributed by atoms with E-state index in [1.807, 2.05) is 0 Å². The van der Waals surface area contributed by atoms with Gasteiger partial charge in [0, 0.05) is 13.2 Å². The SMILES string of the molecule is C1=CCC(CNCCCOCC2CC2)CC1. The molecule has 0 amide bonds. The van der Waals surface area contributed by atoms with Crippen LogP contribution in [0, 0.1) is 11.8 Å². The number of hydrogen-bond donors (Lipinski definition) is 1. The lowest BCUT2D eigenvalue weighted by atomic mass is 9.94. The Morgan fingerprint density at radius 1 is 1.12 bits per heavy atom. The minimum absolute atomic E-state index is 0.873. The summed E-state index contributed by atoms with van der Waals surface area (Å²) >= 11 is 0. The third-order valence-electron chi connectivity index (χ3n) is 3.50. The molecule has 16 heavy (non-hydrogen) atoms. The van der Waals surface area contributed by atoms with Crippen molar-refractivity contribution in [3.8, 4) is 0 Å². The molecule has 1 atom stereocenters. The molecular weight excluding hydrogens is 198 g/mol. The molecule has 2 heteroatoms. The maximum absolute atomic E-state index is 5.60. The molecule has 1 N–H and O–H groups in total. The first-order chi connectivity index (χ1) is 7.95. The molecule has 0 aromatic rings. The molecule has 0 heterocycles. The predicted molar refractivity (Wildman–Crippen MR) is 67.5 cm³/mol. The van der Waals surface area contributed by atoms with E-state index in [1.54, 1.807) is 0 Å². The van der Waals surface area contributed by atoms with Crippen LogP contribution in [0.4, 0.5) is 0 Å². The quantitative estimate of drug-likeness (QED) is 0.504. The van der Waals surface area contributed by atoms with Gasteiger partial charge in [0.25, 0.3) is 0 Å². The van der Waals surface area contributed by atoms with Crippen LogP contribution in [-0.2, 0) is 4.74 Å². The Morgan fingerprint density at radius 3 is 2.81 bits per heavy atom. The van der Waals surface area contributed by atoms with Crippen LogP contribution in [-0.4, -0.2) is 26.3 Å². The fourth-order valence-electron chi connectivity index (χ4n) is 2.18. The zero-order valence-electron chi connectivity index (χ0n) is 10.3. The fraction of sp³-hybridized carbons (Fsp3) is 0.857. The van der Waals surface area contributed by atoms with Crippen molar-refractivity contribution < 1.29 is 4.74 Å². The molecule has 1 saturated carbocycles. The molecule has 92 valence electrons. The van der Waals surface area contributed by atoms with E-state index < -0.39 is 0 Å². The molecular formula is C14H25NO. The van der Waals surface area contributed by atoms with Gasteiger partial charge in [0.1, 0.15) is 0 Å². The lowest BCUT2D eigenvalue weighted by molar-refractivity contribution is 0.122. The summed E-state index contributed by atoms with van der Waals surface area (Å²) in [7, 11) is 0. The van der Waals surface area contributed by atoms with Crippen molar-refractivity contribution in [1.29, 1.82) is 0 Å². The first kappa shape index (κ1) is 12.1. The summed E-state index contributed by atoms with van der Waals surface area (Å²) in [5.74, 6) is 1.78. The van der Waals surface area contributed by atoms with E-state index in [9.17, 15) is 0 Å². The molecule has 2 nitrogen and oxygen atoms in total. The second kappa shape index (κ2) is 7.08. The Bertz CT molecular complexity index is 211. The van der Waals surface area contributed by atoms with Crippen LogP contribution in [0.3, 0.4) is 0 Å². The molecule has 0 aromatic carbocycles. The zero-order chi connectivity index (χ0) is 11.1. The van der Waals surface area contributed by atoms with Gasteiger partial charge in [0.05, 0.1) is 0 Å². The molecule has 2 aliphatic carbocycles. The Morgan fingerprint density at radius 2 is 2.06 bits per heavy atom. The number of allylic oxidation sites excluding steroid dienone is 2. The van der Waals surface area contributed by atoms with E-state index in [0.717, 1.165) is 38.0 Å². The van der Waals surface area contributed by atoms with Gasteiger partial charge in [0.15, 0.2) is 0 Å². The van der Waals surface area contributed by atoms with Gasteiger partial charge in [-0.1, -0.05) is 12.2 Å². The Labute approximate surface area is 99.4 Å². The molecule has 1 fully saturated rings. The van der Waals surface area contributed by atoms with Gasteiger partial charge in [-0.25, -0.2) is 0 Å². The summed E-state index contributed by atoms with van der Waals surface area (Å²) in [6.07, 6.45) is 12.5. The number of rotatable bonds is 8. The van der Waals surface area contributed by atoms with E-state index in [-0.39, 0.29) is 0 Å². The van der Waals surface area contributed by atoms with Crippen LogP contribution in [0.2, 0.25) is 0 Å². The van der Waals surface area contributed by atoms with Gasteiger partial charge in [-0.05, 0) is 63.5 Å². The highest BCUT2D eigenvalue weighted by Gasteiger charge is 2.20. The van der Waals surface area contributed by atoms with Crippen LogP contribution in [0.25, 0.3) is 0 Å². The molecule has 2 rings (SSSR count). The van der Waals surface area contributed by atoms with Crippen LogP contribution in [0.5, 0.6) is 0 Å². The highest BCUT2D eigenvalue weighted by Crippen LogP contribution is 2.28. The van der Waals surface area contributed by atoms with Gasteiger partial charge in [-0.3, -0.25) is 0 Å². The lowest BCUT2D eigenvalue weighted by Gasteiger charge is -2.18. The maximum atomic E-state index is 5.60. The Hall–Kier alpha value is -0.340. The van der Waals surface area contributed by atoms with Crippen LogP contribution < -0.4 is 5.32 Å². The van der Waals surface area contributed by atoms with Crippen molar-refractivity contribution in [3.05, 3.63) is 12.2 Å². The number of ether oxygens (including phenoxy) is 1. The minimum Gasteiger partial charge on any atom is -0.381 e. The average Bonchev–Trinajstić information content (AvgIpc) is 3.13. The Kier molecular flexibility index (Phi) is 5.36. The summed E-state index contributed by atoms with van der Waals surface area (Å²) in [4.78, 5) is 0. The van der Waals surface area contributed by atoms with E-state index in [4.69, 9.17) is 4.74 Å². The van der Waals surface area contributed by atoms with Crippen LogP contribution >= 0.6 is 0 Å². The predicted octanol–water partition coefficient (Wildman–Crippen LogP) is 2.75. The monoisotopic (exact) mass is 223 g/mol. The summed E-state index contributed by atoms with van der Waals surface area (Å²) < 4.78 is 5.60. The summed E-state index contributed by atoms with van der Waals surface area (Å²) in [6, 6.07) is 0. The van der Waals surface area contributed by atoms with E-state index in [1.165, 1.54) is 38.6 Å². The second-order valence-electron chi connectivity index (χ2n) is 5.23. The van der Waals surface area contributed by atoms with E-state index in [0.29, 0.717) is 0 Å². The molecule has 1 unspecified atom stereocenters. The summed E-state index contributed by atoms with van der Waals surface area (Å²) in [6.45, 7) is 4.25. The smallest absolute Gasteiger partial charge is 0.0494 e. The lowest BCUT2D eigenvalue weighted by Crippen LogP contribution is -2.25.